The zero-order chi connectivity index (χ0) is 19.6. The lowest BCUT2D eigenvalue weighted by atomic mass is 10.1. The molecule has 6 heteroatoms. The van der Waals surface area contributed by atoms with E-state index in [1.165, 1.54) is 0 Å². The Morgan fingerprint density at radius 2 is 1.70 bits per heavy atom. The number of methoxy groups -OCH3 is 2. The quantitative estimate of drug-likeness (QED) is 0.670. The topological polar surface area (TPSA) is 68.8 Å². The number of ether oxygens (including phenoxy) is 3. The van der Waals surface area contributed by atoms with Crippen LogP contribution in [0.1, 0.15) is 19.4 Å². The zero-order valence-electron chi connectivity index (χ0n) is 16.4. The third-order valence-corrected chi connectivity index (χ3v) is 3.86. The van der Waals surface area contributed by atoms with Crippen LogP contribution in [0.5, 0.6) is 17.2 Å². The number of carbonyl (C=O) groups excluding carboxylic acids is 1. The lowest BCUT2D eigenvalue weighted by Crippen LogP contribution is -2.31. The molecule has 0 bridgehead atoms. The summed E-state index contributed by atoms with van der Waals surface area (Å²) < 4.78 is 16.1. The standard InChI is InChI=1S/C21H28N2O4/c1-15(2)27-18-8-6-17(7-9-18)23-14-21(24)22-12-11-16-5-10-19(25-3)20(13-16)26-4/h5-10,13,15,23H,11-12,14H2,1-4H3,(H,22,24). The Bertz CT molecular complexity index is 729. The van der Waals surface area contributed by atoms with Gasteiger partial charge in [0.15, 0.2) is 11.5 Å². The van der Waals surface area contributed by atoms with Gasteiger partial charge in [-0.3, -0.25) is 4.79 Å². The van der Waals surface area contributed by atoms with E-state index in [1.54, 1.807) is 14.2 Å². The average Bonchev–Trinajstić information content (AvgIpc) is 2.67. The maximum absolute atomic E-state index is 12.0. The van der Waals surface area contributed by atoms with Gasteiger partial charge in [-0.05, 0) is 62.2 Å². The Hall–Kier alpha value is -2.89. The van der Waals surface area contributed by atoms with Gasteiger partial charge in [0, 0.05) is 12.2 Å². The van der Waals surface area contributed by atoms with Gasteiger partial charge in [-0.15, -0.1) is 0 Å². The van der Waals surface area contributed by atoms with Gasteiger partial charge in [-0.1, -0.05) is 6.07 Å². The first-order valence-corrected chi connectivity index (χ1v) is 9.00. The van der Waals surface area contributed by atoms with E-state index in [4.69, 9.17) is 14.2 Å². The van der Waals surface area contributed by atoms with E-state index >= 15 is 0 Å². The molecule has 2 aromatic carbocycles. The summed E-state index contributed by atoms with van der Waals surface area (Å²) in [6, 6.07) is 13.3. The van der Waals surface area contributed by atoms with Crippen LogP contribution >= 0.6 is 0 Å². The van der Waals surface area contributed by atoms with Crippen molar-refractivity contribution in [2.75, 3.05) is 32.6 Å². The summed E-state index contributed by atoms with van der Waals surface area (Å²) in [5, 5.41) is 6.01. The maximum Gasteiger partial charge on any atom is 0.239 e. The molecular formula is C21H28N2O4. The molecule has 0 aliphatic heterocycles. The second kappa shape index (κ2) is 10.3. The minimum atomic E-state index is -0.0574. The molecule has 2 N–H and O–H groups in total. The first-order valence-electron chi connectivity index (χ1n) is 9.00. The van der Waals surface area contributed by atoms with Crippen molar-refractivity contribution >= 4 is 11.6 Å². The lowest BCUT2D eigenvalue weighted by Gasteiger charge is -2.12. The van der Waals surface area contributed by atoms with E-state index in [0.717, 1.165) is 17.0 Å². The molecule has 0 saturated carbocycles. The summed E-state index contributed by atoms with van der Waals surface area (Å²) in [7, 11) is 3.21. The van der Waals surface area contributed by atoms with Crippen molar-refractivity contribution in [2.45, 2.75) is 26.4 Å². The Labute approximate surface area is 160 Å². The molecule has 1 amide bonds. The number of hydrogen-bond acceptors (Lipinski definition) is 5. The molecule has 0 atom stereocenters. The summed E-state index contributed by atoms with van der Waals surface area (Å²) in [5.41, 5.74) is 1.95. The molecule has 27 heavy (non-hydrogen) atoms. The van der Waals surface area contributed by atoms with Crippen molar-refractivity contribution in [3.8, 4) is 17.2 Å². The summed E-state index contributed by atoms with van der Waals surface area (Å²) in [6.07, 6.45) is 0.855. The molecule has 0 saturated heterocycles. The Morgan fingerprint density at radius 3 is 2.33 bits per heavy atom. The van der Waals surface area contributed by atoms with Gasteiger partial charge < -0.3 is 24.8 Å². The first kappa shape index (κ1) is 20.4. The number of rotatable bonds is 10. The van der Waals surface area contributed by atoms with Gasteiger partial charge >= 0.3 is 0 Å². The fourth-order valence-electron chi connectivity index (χ4n) is 2.55. The van der Waals surface area contributed by atoms with Gasteiger partial charge in [0.05, 0.1) is 26.9 Å². The van der Waals surface area contributed by atoms with E-state index in [0.29, 0.717) is 24.5 Å². The number of nitrogens with one attached hydrogen (secondary N) is 2. The molecule has 0 radical (unpaired) electrons. The Balaban J connectivity index is 1.73. The van der Waals surface area contributed by atoms with Gasteiger partial charge in [0.25, 0.3) is 0 Å². The largest absolute Gasteiger partial charge is 0.493 e. The van der Waals surface area contributed by atoms with Crippen LogP contribution < -0.4 is 24.8 Å². The fourth-order valence-corrected chi connectivity index (χ4v) is 2.55. The number of carbonyl (C=O) groups is 1. The lowest BCUT2D eigenvalue weighted by molar-refractivity contribution is -0.119. The second-order valence-corrected chi connectivity index (χ2v) is 6.33. The van der Waals surface area contributed by atoms with Gasteiger partial charge in [-0.2, -0.15) is 0 Å². The van der Waals surface area contributed by atoms with Gasteiger partial charge in [-0.25, -0.2) is 0 Å². The van der Waals surface area contributed by atoms with E-state index in [1.807, 2.05) is 56.3 Å². The smallest absolute Gasteiger partial charge is 0.239 e. The van der Waals surface area contributed by atoms with Crippen molar-refractivity contribution in [3.05, 3.63) is 48.0 Å². The number of anilines is 1. The monoisotopic (exact) mass is 372 g/mol. The van der Waals surface area contributed by atoms with E-state index in [-0.39, 0.29) is 18.6 Å². The molecule has 0 fully saturated rings. The molecule has 0 aromatic heterocycles. The SMILES string of the molecule is COc1ccc(CCNC(=O)CNc2ccc(OC(C)C)cc2)cc1OC. The van der Waals surface area contributed by atoms with Crippen molar-refractivity contribution in [2.24, 2.45) is 0 Å². The molecule has 0 aliphatic carbocycles. The van der Waals surface area contributed by atoms with Crippen molar-refractivity contribution in [1.82, 2.24) is 5.32 Å². The number of benzene rings is 2. The Kier molecular flexibility index (Phi) is 7.79. The van der Waals surface area contributed by atoms with Gasteiger partial charge in [0.2, 0.25) is 5.91 Å². The molecule has 6 nitrogen and oxygen atoms in total. The van der Waals surface area contributed by atoms with Crippen LogP contribution in [-0.2, 0) is 11.2 Å². The minimum absolute atomic E-state index is 0.0574. The van der Waals surface area contributed by atoms with E-state index < -0.39 is 0 Å². The van der Waals surface area contributed by atoms with Crippen LogP contribution in [0.25, 0.3) is 0 Å². The maximum atomic E-state index is 12.0. The van der Waals surface area contributed by atoms with Crippen molar-refractivity contribution < 1.29 is 19.0 Å². The zero-order valence-corrected chi connectivity index (χ0v) is 16.4. The highest BCUT2D eigenvalue weighted by atomic mass is 16.5. The molecule has 2 aromatic rings. The third-order valence-electron chi connectivity index (χ3n) is 3.86. The summed E-state index contributed by atoms with van der Waals surface area (Å²) in [4.78, 5) is 12.0. The summed E-state index contributed by atoms with van der Waals surface area (Å²) in [5.74, 6) is 2.14. The summed E-state index contributed by atoms with van der Waals surface area (Å²) >= 11 is 0. The van der Waals surface area contributed by atoms with Crippen molar-refractivity contribution in [3.63, 3.8) is 0 Å². The van der Waals surface area contributed by atoms with E-state index in [9.17, 15) is 4.79 Å². The van der Waals surface area contributed by atoms with Crippen LogP contribution in [0.15, 0.2) is 42.5 Å². The van der Waals surface area contributed by atoms with Crippen LogP contribution in [0, 0.1) is 0 Å². The average molecular weight is 372 g/mol. The fraction of sp³-hybridized carbons (Fsp3) is 0.381. The normalized spacial score (nSPS) is 10.4. The van der Waals surface area contributed by atoms with Crippen LogP contribution in [0.3, 0.4) is 0 Å². The Morgan fingerprint density at radius 1 is 1.00 bits per heavy atom. The molecule has 2 rings (SSSR count). The van der Waals surface area contributed by atoms with Gasteiger partial charge in [0.1, 0.15) is 5.75 Å². The van der Waals surface area contributed by atoms with E-state index in [2.05, 4.69) is 10.6 Å². The highest BCUT2D eigenvalue weighted by molar-refractivity contribution is 5.80. The first-order chi connectivity index (χ1) is 13.0. The number of hydrogen-bond donors (Lipinski definition) is 2. The minimum Gasteiger partial charge on any atom is -0.493 e. The van der Waals surface area contributed by atoms with Crippen LogP contribution in [0.4, 0.5) is 5.69 Å². The third kappa shape index (κ3) is 6.73. The van der Waals surface area contributed by atoms with Crippen LogP contribution in [0.2, 0.25) is 0 Å². The molecule has 146 valence electrons. The van der Waals surface area contributed by atoms with Crippen molar-refractivity contribution in [1.29, 1.82) is 0 Å². The predicted molar refractivity (Wildman–Crippen MR) is 107 cm³/mol. The molecule has 0 aliphatic rings. The molecule has 0 spiro atoms. The summed E-state index contributed by atoms with van der Waals surface area (Å²) in [6.45, 7) is 4.74. The van der Waals surface area contributed by atoms with Crippen LogP contribution in [-0.4, -0.2) is 39.3 Å². The highest BCUT2D eigenvalue weighted by Gasteiger charge is 2.06. The molecule has 0 unspecified atom stereocenters. The molecule has 0 heterocycles. The highest BCUT2D eigenvalue weighted by Crippen LogP contribution is 2.27. The number of amides is 1. The second-order valence-electron chi connectivity index (χ2n) is 6.33. The predicted octanol–water partition coefficient (Wildman–Crippen LogP) is 3.26. The molecular weight excluding hydrogens is 344 g/mol.